The number of aliphatic carboxylic acids is 1. The predicted molar refractivity (Wildman–Crippen MR) is 105 cm³/mol. The Morgan fingerprint density at radius 3 is 2.41 bits per heavy atom. The average Bonchev–Trinajstić information content (AvgIpc) is 2.59. The van der Waals surface area contributed by atoms with Crippen molar-refractivity contribution in [1.29, 1.82) is 0 Å². The number of anilines is 2. The minimum Gasteiger partial charge on any atom is -0.481 e. The number of para-hydroxylation sites is 1. The van der Waals surface area contributed by atoms with Crippen LogP contribution < -0.4 is 10.2 Å². The zero-order valence-corrected chi connectivity index (χ0v) is 15.9. The van der Waals surface area contributed by atoms with Crippen LogP contribution in [0.15, 0.2) is 36.4 Å². The molecule has 2 aromatic carbocycles. The minimum absolute atomic E-state index is 0.0411. The summed E-state index contributed by atoms with van der Waals surface area (Å²) in [5, 5.41) is 12.0. The molecule has 0 aromatic heterocycles. The molecule has 0 aliphatic heterocycles. The average molecular weight is 376 g/mol. The van der Waals surface area contributed by atoms with E-state index in [0.29, 0.717) is 17.9 Å². The maximum absolute atomic E-state index is 14.7. The SMILES string of the molecule is CC(C)CNc1ccccc1-c1cc(F)c(N(C)CCCC(=O)O)c(F)c1. The number of carbonyl (C=O) groups is 1. The van der Waals surface area contributed by atoms with Crippen LogP contribution in [0.4, 0.5) is 20.2 Å². The van der Waals surface area contributed by atoms with Crippen LogP contribution in [0.25, 0.3) is 11.1 Å². The van der Waals surface area contributed by atoms with Crippen LogP contribution in [0.1, 0.15) is 26.7 Å². The second-order valence-corrected chi connectivity index (χ2v) is 7.03. The number of halogens is 2. The zero-order chi connectivity index (χ0) is 20.0. The van der Waals surface area contributed by atoms with Crippen molar-refractivity contribution in [3.05, 3.63) is 48.0 Å². The molecular weight excluding hydrogens is 350 g/mol. The second-order valence-electron chi connectivity index (χ2n) is 7.03. The lowest BCUT2D eigenvalue weighted by molar-refractivity contribution is -0.137. The highest BCUT2D eigenvalue weighted by atomic mass is 19.1. The minimum atomic E-state index is -0.926. The molecule has 0 aliphatic rings. The summed E-state index contributed by atoms with van der Waals surface area (Å²) in [5.74, 6) is -1.82. The number of benzene rings is 2. The summed E-state index contributed by atoms with van der Waals surface area (Å²) in [6.07, 6.45) is 0.273. The first kappa shape index (κ1) is 20.7. The van der Waals surface area contributed by atoms with Crippen LogP contribution in [0.3, 0.4) is 0 Å². The highest BCUT2D eigenvalue weighted by Crippen LogP contribution is 2.33. The third-order valence-electron chi connectivity index (χ3n) is 4.22. The van der Waals surface area contributed by atoms with E-state index in [9.17, 15) is 13.6 Å². The quantitative estimate of drug-likeness (QED) is 0.647. The fourth-order valence-corrected chi connectivity index (χ4v) is 2.87. The number of rotatable bonds is 9. The van der Waals surface area contributed by atoms with Gasteiger partial charge in [0.15, 0.2) is 0 Å². The van der Waals surface area contributed by atoms with E-state index < -0.39 is 17.6 Å². The molecule has 0 fully saturated rings. The Labute approximate surface area is 158 Å². The van der Waals surface area contributed by atoms with E-state index in [2.05, 4.69) is 19.2 Å². The van der Waals surface area contributed by atoms with E-state index in [-0.39, 0.29) is 18.7 Å². The normalized spacial score (nSPS) is 10.9. The lowest BCUT2D eigenvalue weighted by Crippen LogP contribution is -2.22. The number of nitrogens with one attached hydrogen (secondary N) is 1. The fourth-order valence-electron chi connectivity index (χ4n) is 2.87. The van der Waals surface area contributed by atoms with Gasteiger partial charge in [-0.3, -0.25) is 4.79 Å². The van der Waals surface area contributed by atoms with Gasteiger partial charge in [0.1, 0.15) is 17.3 Å². The molecule has 2 aromatic rings. The van der Waals surface area contributed by atoms with Gasteiger partial charge in [-0.25, -0.2) is 8.78 Å². The topological polar surface area (TPSA) is 52.6 Å². The van der Waals surface area contributed by atoms with E-state index in [4.69, 9.17) is 5.11 Å². The molecule has 4 nitrogen and oxygen atoms in total. The Kier molecular flexibility index (Phi) is 7.16. The van der Waals surface area contributed by atoms with Gasteiger partial charge in [-0.15, -0.1) is 0 Å². The molecule has 6 heteroatoms. The van der Waals surface area contributed by atoms with Crippen molar-refractivity contribution in [1.82, 2.24) is 0 Å². The molecule has 2 rings (SSSR count). The van der Waals surface area contributed by atoms with Crippen LogP contribution in [0, 0.1) is 17.6 Å². The Bertz CT molecular complexity index is 770. The lowest BCUT2D eigenvalue weighted by Gasteiger charge is -2.21. The van der Waals surface area contributed by atoms with Gasteiger partial charge >= 0.3 is 5.97 Å². The Balaban J connectivity index is 2.27. The molecule has 0 amide bonds. The first-order chi connectivity index (χ1) is 12.8. The number of carboxylic acids is 1. The Hall–Kier alpha value is -2.63. The predicted octanol–water partition coefficient (Wildman–Crippen LogP) is 5.00. The molecular formula is C21H26F2N2O2. The largest absolute Gasteiger partial charge is 0.481 e. The van der Waals surface area contributed by atoms with Gasteiger partial charge in [0.25, 0.3) is 0 Å². The van der Waals surface area contributed by atoms with Gasteiger partial charge in [-0.1, -0.05) is 32.0 Å². The second kappa shape index (κ2) is 9.35. The van der Waals surface area contributed by atoms with Gasteiger partial charge in [-0.2, -0.15) is 0 Å². The van der Waals surface area contributed by atoms with Gasteiger partial charge in [0.05, 0.1) is 0 Å². The van der Waals surface area contributed by atoms with E-state index in [1.54, 1.807) is 7.05 Å². The van der Waals surface area contributed by atoms with Crippen molar-refractivity contribution < 1.29 is 18.7 Å². The zero-order valence-electron chi connectivity index (χ0n) is 15.9. The molecule has 0 spiro atoms. The van der Waals surface area contributed by atoms with Gasteiger partial charge < -0.3 is 15.3 Å². The summed E-state index contributed by atoms with van der Waals surface area (Å²) in [5.41, 5.74) is 1.87. The van der Waals surface area contributed by atoms with E-state index in [1.807, 2.05) is 24.3 Å². The van der Waals surface area contributed by atoms with Crippen LogP contribution >= 0.6 is 0 Å². The summed E-state index contributed by atoms with van der Waals surface area (Å²) in [7, 11) is 1.56. The number of carboxylic acid groups (broad SMARTS) is 1. The smallest absolute Gasteiger partial charge is 0.303 e. The summed E-state index contributed by atoms with van der Waals surface area (Å²) in [4.78, 5) is 12.0. The number of hydrogen-bond acceptors (Lipinski definition) is 3. The van der Waals surface area contributed by atoms with Crippen molar-refractivity contribution in [2.45, 2.75) is 26.7 Å². The van der Waals surface area contributed by atoms with Gasteiger partial charge in [-0.05, 0) is 36.1 Å². The molecule has 146 valence electrons. The molecule has 0 saturated heterocycles. The molecule has 0 heterocycles. The third-order valence-corrected chi connectivity index (χ3v) is 4.22. The van der Waals surface area contributed by atoms with Crippen molar-refractivity contribution in [2.75, 3.05) is 30.4 Å². The van der Waals surface area contributed by atoms with Crippen LogP contribution in [-0.2, 0) is 4.79 Å². The maximum Gasteiger partial charge on any atom is 0.303 e. The summed E-state index contributed by atoms with van der Waals surface area (Å²) in [6.45, 7) is 5.19. The number of hydrogen-bond donors (Lipinski definition) is 2. The van der Waals surface area contributed by atoms with Crippen molar-refractivity contribution in [3.63, 3.8) is 0 Å². The molecule has 2 N–H and O–H groups in total. The monoisotopic (exact) mass is 376 g/mol. The van der Waals surface area contributed by atoms with Crippen LogP contribution in [-0.4, -0.2) is 31.2 Å². The fraction of sp³-hybridized carbons (Fsp3) is 0.381. The first-order valence-electron chi connectivity index (χ1n) is 9.04. The molecule has 0 radical (unpaired) electrons. The summed E-state index contributed by atoms with van der Waals surface area (Å²) >= 11 is 0. The van der Waals surface area contributed by atoms with Crippen LogP contribution in [0.5, 0.6) is 0 Å². The van der Waals surface area contributed by atoms with E-state index >= 15 is 0 Å². The standard InChI is InChI=1S/C21H26F2N2O2/c1-14(2)13-24-19-8-5-4-7-16(19)15-11-17(22)21(18(23)12-15)25(3)10-6-9-20(26)27/h4-5,7-8,11-12,14,24H,6,9-10,13H2,1-3H3,(H,26,27). The van der Waals surface area contributed by atoms with Gasteiger partial charge in [0.2, 0.25) is 0 Å². The van der Waals surface area contributed by atoms with E-state index in [0.717, 1.165) is 17.8 Å². The Morgan fingerprint density at radius 2 is 1.81 bits per heavy atom. The lowest BCUT2D eigenvalue weighted by atomic mass is 10.0. The van der Waals surface area contributed by atoms with Crippen molar-refractivity contribution >= 4 is 17.3 Å². The van der Waals surface area contributed by atoms with Crippen molar-refractivity contribution in [2.24, 2.45) is 5.92 Å². The highest BCUT2D eigenvalue weighted by Gasteiger charge is 2.17. The van der Waals surface area contributed by atoms with E-state index in [1.165, 1.54) is 17.0 Å². The summed E-state index contributed by atoms with van der Waals surface area (Å²) < 4.78 is 29.3. The molecule has 0 atom stereocenters. The Morgan fingerprint density at radius 1 is 1.19 bits per heavy atom. The molecule has 27 heavy (non-hydrogen) atoms. The molecule has 0 aliphatic carbocycles. The maximum atomic E-state index is 14.7. The molecule has 0 bridgehead atoms. The highest BCUT2D eigenvalue weighted by molar-refractivity contribution is 5.79. The third kappa shape index (κ3) is 5.67. The first-order valence-corrected chi connectivity index (χ1v) is 9.04. The molecule has 0 unspecified atom stereocenters. The van der Waals surface area contributed by atoms with Crippen LogP contribution in [0.2, 0.25) is 0 Å². The molecule has 0 saturated carbocycles. The number of nitrogens with zero attached hydrogens (tertiary/aromatic N) is 1. The van der Waals surface area contributed by atoms with Gasteiger partial charge in [0, 0.05) is 37.8 Å². The van der Waals surface area contributed by atoms with Crippen molar-refractivity contribution in [3.8, 4) is 11.1 Å². The summed E-state index contributed by atoms with van der Waals surface area (Å²) in [6, 6.07) is 10.1.